The van der Waals surface area contributed by atoms with Gasteiger partial charge in [-0.1, -0.05) is 18.2 Å². The van der Waals surface area contributed by atoms with Gasteiger partial charge in [0.2, 0.25) is 0 Å². The third kappa shape index (κ3) is 4.07. The van der Waals surface area contributed by atoms with Gasteiger partial charge in [0.15, 0.2) is 0 Å². The van der Waals surface area contributed by atoms with E-state index >= 15 is 0 Å². The van der Waals surface area contributed by atoms with Gasteiger partial charge in [-0.25, -0.2) is 4.79 Å². The molecular formula is C13H20N2O2. The largest absolute Gasteiger partial charge is 0.384 e. The smallest absolute Gasteiger partial charge is 0.321 e. The van der Waals surface area contributed by atoms with Crippen molar-refractivity contribution < 1.29 is 9.53 Å². The van der Waals surface area contributed by atoms with Gasteiger partial charge in [-0.3, -0.25) is 0 Å². The molecule has 1 N–H and O–H groups in total. The maximum Gasteiger partial charge on any atom is 0.321 e. The fraction of sp³-hybridized carbons (Fsp3) is 0.462. The van der Waals surface area contributed by atoms with E-state index in [9.17, 15) is 4.79 Å². The Morgan fingerprint density at radius 1 is 1.41 bits per heavy atom. The second kappa shape index (κ2) is 6.91. The standard InChI is InChI=1S/C13H20N2O2/c1-4-15(2)13(16)14-12-8-6-5-7-11(12)9-10-17-3/h5-8H,4,9-10H2,1-3H3,(H,14,16). The minimum atomic E-state index is -0.0858. The molecule has 94 valence electrons. The maximum absolute atomic E-state index is 11.8. The third-order valence-electron chi connectivity index (χ3n) is 2.66. The third-order valence-corrected chi connectivity index (χ3v) is 2.66. The van der Waals surface area contributed by atoms with Gasteiger partial charge in [-0.15, -0.1) is 0 Å². The first-order chi connectivity index (χ1) is 8.19. The number of benzene rings is 1. The maximum atomic E-state index is 11.8. The van der Waals surface area contributed by atoms with Crippen molar-refractivity contribution in [3.63, 3.8) is 0 Å². The Kier molecular flexibility index (Phi) is 5.49. The Bertz CT molecular complexity index is 366. The van der Waals surface area contributed by atoms with Gasteiger partial charge in [0.05, 0.1) is 6.61 Å². The fourth-order valence-corrected chi connectivity index (χ4v) is 1.43. The Morgan fingerprint density at radius 3 is 2.76 bits per heavy atom. The number of carbonyl (C=O) groups is 1. The number of anilines is 1. The van der Waals surface area contributed by atoms with Crippen molar-refractivity contribution in [3.8, 4) is 0 Å². The van der Waals surface area contributed by atoms with Crippen LogP contribution in [0, 0.1) is 0 Å². The molecule has 0 unspecified atom stereocenters. The molecule has 4 heteroatoms. The summed E-state index contributed by atoms with van der Waals surface area (Å²) in [5.74, 6) is 0. The highest BCUT2D eigenvalue weighted by Gasteiger charge is 2.08. The molecule has 0 saturated carbocycles. The highest BCUT2D eigenvalue weighted by Crippen LogP contribution is 2.16. The first kappa shape index (κ1) is 13.5. The zero-order chi connectivity index (χ0) is 12.7. The zero-order valence-corrected chi connectivity index (χ0v) is 10.7. The van der Waals surface area contributed by atoms with Crippen LogP contribution in [0.4, 0.5) is 10.5 Å². The number of para-hydroxylation sites is 1. The van der Waals surface area contributed by atoms with E-state index in [1.807, 2.05) is 31.2 Å². The van der Waals surface area contributed by atoms with Crippen molar-refractivity contribution in [2.45, 2.75) is 13.3 Å². The van der Waals surface area contributed by atoms with E-state index in [2.05, 4.69) is 5.32 Å². The Hall–Kier alpha value is -1.55. The molecule has 1 rings (SSSR count). The van der Waals surface area contributed by atoms with Crippen LogP contribution in [-0.2, 0) is 11.2 Å². The minimum absolute atomic E-state index is 0.0858. The van der Waals surface area contributed by atoms with Gasteiger partial charge in [0, 0.05) is 26.4 Å². The molecule has 0 aliphatic rings. The van der Waals surface area contributed by atoms with Crippen LogP contribution < -0.4 is 5.32 Å². The highest BCUT2D eigenvalue weighted by molar-refractivity contribution is 5.89. The lowest BCUT2D eigenvalue weighted by molar-refractivity contribution is 0.202. The van der Waals surface area contributed by atoms with Crippen molar-refractivity contribution in [3.05, 3.63) is 29.8 Å². The average Bonchev–Trinajstić information content (AvgIpc) is 2.36. The second-order valence-electron chi connectivity index (χ2n) is 3.84. The van der Waals surface area contributed by atoms with Crippen LogP contribution in [0.5, 0.6) is 0 Å². The molecule has 0 bridgehead atoms. The van der Waals surface area contributed by atoms with E-state index in [1.54, 1.807) is 19.1 Å². The molecular weight excluding hydrogens is 216 g/mol. The number of nitrogens with zero attached hydrogens (tertiary/aromatic N) is 1. The van der Waals surface area contributed by atoms with Crippen LogP contribution in [0.25, 0.3) is 0 Å². The number of rotatable bonds is 5. The molecule has 0 heterocycles. The Labute approximate surface area is 103 Å². The Morgan fingerprint density at radius 2 is 2.12 bits per heavy atom. The van der Waals surface area contributed by atoms with Crippen LogP contribution in [-0.4, -0.2) is 38.2 Å². The molecule has 0 fully saturated rings. The number of methoxy groups -OCH3 is 1. The molecule has 2 amide bonds. The van der Waals surface area contributed by atoms with E-state index < -0.39 is 0 Å². The summed E-state index contributed by atoms with van der Waals surface area (Å²) in [7, 11) is 3.44. The zero-order valence-electron chi connectivity index (χ0n) is 10.7. The monoisotopic (exact) mass is 236 g/mol. The molecule has 4 nitrogen and oxygen atoms in total. The van der Waals surface area contributed by atoms with Gasteiger partial charge >= 0.3 is 6.03 Å². The van der Waals surface area contributed by atoms with Crippen LogP contribution in [0.2, 0.25) is 0 Å². The summed E-state index contributed by atoms with van der Waals surface area (Å²) < 4.78 is 5.05. The summed E-state index contributed by atoms with van der Waals surface area (Å²) in [4.78, 5) is 13.4. The summed E-state index contributed by atoms with van der Waals surface area (Å²) in [5.41, 5.74) is 1.95. The summed E-state index contributed by atoms with van der Waals surface area (Å²) in [6.07, 6.45) is 0.794. The molecule has 1 aromatic carbocycles. The topological polar surface area (TPSA) is 41.6 Å². The molecule has 0 aliphatic heterocycles. The molecule has 1 aromatic rings. The summed E-state index contributed by atoms with van der Waals surface area (Å²) in [6, 6.07) is 7.70. The molecule has 0 aromatic heterocycles. The van der Waals surface area contributed by atoms with Gasteiger partial charge in [-0.2, -0.15) is 0 Å². The predicted octanol–water partition coefficient (Wildman–Crippen LogP) is 2.36. The van der Waals surface area contributed by atoms with Gasteiger partial charge in [0.25, 0.3) is 0 Å². The second-order valence-corrected chi connectivity index (χ2v) is 3.84. The first-order valence-corrected chi connectivity index (χ1v) is 5.78. The van der Waals surface area contributed by atoms with Gasteiger partial charge in [-0.05, 0) is 25.0 Å². The van der Waals surface area contributed by atoms with E-state index in [1.165, 1.54) is 0 Å². The molecule has 0 atom stereocenters. The number of hydrogen-bond acceptors (Lipinski definition) is 2. The number of nitrogens with one attached hydrogen (secondary N) is 1. The molecule has 0 aliphatic carbocycles. The van der Waals surface area contributed by atoms with E-state index in [0.29, 0.717) is 13.2 Å². The molecule has 17 heavy (non-hydrogen) atoms. The number of amides is 2. The lowest BCUT2D eigenvalue weighted by atomic mass is 10.1. The summed E-state index contributed by atoms with van der Waals surface area (Å²) in [5, 5.41) is 2.90. The van der Waals surface area contributed by atoms with Crippen molar-refractivity contribution in [1.82, 2.24) is 4.90 Å². The average molecular weight is 236 g/mol. The fourth-order valence-electron chi connectivity index (χ4n) is 1.43. The van der Waals surface area contributed by atoms with Crippen LogP contribution in [0.1, 0.15) is 12.5 Å². The number of urea groups is 1. The predicted molar refractivity (Wildman–Crippen MR) is 69.3 cm³/mol. The lowest BCUT2D eigenvalue weighted by Gasteiger charge is -2.17. The number of ether oxygens (including phenoxy) is 1. The normalized spacial score (nSPS) is 10.1. The number of carbonyl (C=O) groups excluding carboxylic acids is 1. The van der Waals surface area contributed by atoms with E-state index in [0.717, 1.165) is 17.7 Å². The molecule has 0 saturated heterocycles. The van der Waals surface area contributed by atoms with Gasteiger partial charge < -0.3 is 15.0 Å². The van der Waals surface area contributed by atoms with Crippen molar-refractivity contribution in [1.29, 1.82) is 0 Å². The molecule has 0 spiro atoms. The van der Waals surface area contributed by atoms with Crippen molar-refractivity contribution in [2.75, 3.05) is 32.6 Å². The molecule has 0 radical (unpaired) electrons. The van der Waals surface area contributed by atoms with Crippen molar-refractivity contribution in [2.24, 2.45) is 0 Å². The van der Waals surface area contributed by atoms with Gasteiger partial charge in [0.1, 0.15) is 0 Å². The Balaban J connectivity index is 2.72. The summed E-state index contributed by atoms with van der Waals surface area (Å²) in [6.45, 7) is 3.28. The first-order valence-electron chi connectivity index (χ1n) is 5.78. The highest BCUT2D eigenvalue weighted by atomic mass is 16.5. The van der Waals surface area contributed by atoms with Crippen LogP contribution in [0.3, 0.4) is 0 Å². The quantitative estimate of drug-likeness (QED) is 0.852. The SMILES string of the molecule is CCN(C)C(=O)Nc1ccccc1CCOC. The minimum Gasteiger partial charge on any atom is -0.384 e. The lowest BCUT2D eigenvalue weighted by Crippen LogP contribution is -2.31. The van der Waals surface area contributed by atoms with E-state index in [-0.39, 0.29) is 6.03 Å². The van der Waals surface area contributed by atoms with Crippen LogP contribution >= 0.6 is 0 Å². The van der Waals surface area contributed by atoms with E-state index in [4.69, 9.17) is 4.74 Å². The van der Waals surface area contributed by atoms with Crippen molar-refractivity contribution >= 4 is 11.7 Å². The summed E-state index contributed by atoms with van der Waals surface area (Å²) >= 11 is 0. The van der Waals surface area contributed by atoms with Crippen LogP contribution in [0.15, 0.2) is 24.3 Å². The number of hydrogen-bond donors (Lipinski definition) is 1.